The third-order valence-electron chi connectivity index (χ3n) is 4.06. The molecule has 1 fully saturated rings. The molecule has 1 heterocycles. The molecule has 116 valence electrons. The summed E-state index contributed by atoms with van der Waals surface area (Å²) in [5, 5.41) is 19.9. The number of methoxy groups -OCH3 is 1. The molecule has 1 atom stereocenters. The van der Waals surface area contributed by atoms with E-state index in [9.17, 15) is 9.90 Å². The van der Waals surface area contributed by atoms with Gasteiger partial charge in [-0.1, -0.05) is 19.3 Å². The number of carbonyl (C=O) groups excluding carboxylic acids is 1. The number of nitrogens with one attached hydrogen (secondary N) is 1. The third-order valence-corrected chi connectivity index (χ3v) is 4.06. The van der Waals surface area contributed by atoms with Crippen molar-refractivity contribution in [2.75, 3.05) is 13.7 Å². The van der Waals surface area contributed by atoms with Crippen LogP contribution in [-0.4, -0.2) is 41.0 Å². The highest BCUT2D eigenvalue weighted by Gasteiger charge is 2.25. The van der Waals surface area contributed by atoms with Gasteiger partial charge in [0, 0.05) is 18.7 Å². The Morgan fingerprint density at radius 1 is 1.38 bits per heavy atom. The van der Waals surface area contributed by atoms with Gasteiger partial charge in [0.2, 0.25) is 5.88 Å². The van der Waals surface area contributed by atoms with Gasteiger partial charge in [-0.25, -0.2) is 0 Å². The third kappa shape index (κ3) is 4.39. The first-order valence-corrected chi connectivity index (χ1v) is 7.54. The Labute approximate surface area is 124 Å². The van der Waals surface area contributed by atoms with E-state index >= 15 is 0 Å². The summed E-state index contributed by atoms with van der Waals surface area (Å²) in [4.78, 5) is 12.2. The predicted molar refractivity (Wildman–Crippen MR) is 78.1 cm³/mol. The molecule has 0 radical (unpaired) electrons. The molecular weight excluding hydrogens is 270 g/mol. The summed E-state index contributed by atoms with van der Waals surface area (Å²) in [5.41, 5.74) is 0.273. The maximum atomic E-state index is 12.2. The van der Waals surface area contributed by atoms with Crippen LogP contribution in [0.2, 0.25) is 0 Å². The number of carbonyl (C=O) groups is 1. The van der Waals surface area contributed by atoms with Crippen LogP contribution in [-0.2, 0) is 0 Å². The van der Waals surface area contributed by atoms with Gasteiger partial charge in [-0.3, -0.25) is 4.79 Å². The Morgan fingerprint density at radius 3 is 2.71 bits per heavy atom. The molecule has 2 rings (SSSR count). The molecule has 1 aliphatic rings. The molecule has 1 aromatic heterocycles. The highest BCUT2D eigenvalue weighted by Crippen LogP contribution is 2.27. The van der Waals surface area contributed by atoms with Crippen molar-refractivity contribution in [2.24, 2.45) is 5.92 Å². The Kier molecular flexibility index (Phi) is 5.92. The molecule has 1 aromatic rings. The molecule has 0 aromatic carbocycles. The van der Waals surface area contributed by atoms with Crippen molar-refractivity contribution in [1.29, 1.82) is 0 Å². The van der Waals surface area contributed by atoms with Gasteiger partial charge in [0.05, 0.1) is 7.11 Å². The van der Waals surface area contributed by atoms with Crippen molar-refractivity contribution in [1.82, 2.24) is 15.5 Å². The van der Waals surface area contributed by atoms with Gasteiger partial charge in [0.1, 0.15) is 0 Å². The molecule has 6 nitrogen and oxygen atoms in total. The largest absolute Gasteiger partial charge is 0.480 e. The zero-order valence-corrected chi connectivity index (χ0v) is 12.4. The number of hydrogen-bond donors (Lipinski definition) is 2. The van der Waals surface area contributed by atoms with Gasteiger partial charge >= 0.3 is 0 Å². The normalized spacial score (nSPS) is 17.2. The van der Waals surface area contributed by atoms with E-state index in [4.69, 9.17) is 4.74 Å². The smallest absolute Gasteiger partial charge is 0.272 e. The Hall–Kier alpha value is -1.69. The Morgan fingerprint density at radius 2 is 2.14 bits per heavy atom. The summed E-state index contributed by atoms with van der Waals surface area (Å²) in [5.74, 6) is 0.584. The van der Waals surface area contributed by atoms with E-state index in [1.165, 1.54) is 26.4 Å². The second-order valence-corrected chi connectivity index (χ2v) is 5.45. The number of rotatable bonds is 6. The van der Waals surface area contributed by atoms with Crippen LogP contribution >= 0.6 is 0 Å². The van der Waals surface area contributed by atoms with E-state index in [-0.39, 0.29) is 24.2 Å². The molecule has 2 N–H and O–H groups in total. The average Bonchev–Trinajstić information content (AvgIpc) is 2.55. The van der Waals surface area contributed by atoms with Crippen molar-refractivity contribution in [3.63, 3.8) is 0 Å². The molecule has 21 heavy (non-hydrogen) atoms. The van der Waals surface area contributed by atoms with Crippen LogP contribution in [0.4, 0.5) is 0 Å². The van der Waals surface area contributed by atoms with Crippen molar-refractivity contribution in [2.45, 2.75) is 44.6 Å². The van der Waals surface area contributed by atoms with Crippen LogP contribution in [0, 0.1) is 5.92 Å². The minimum atomic E-state index is -0.242. The lowest BCUT2D eigenvalue weighted by molar-refractivity contribution is 0.0893. The van der Waals surface area contributed by atoms with Crippen LogP contribution in [0.25, 0.3) is 0 Å². The van der Waals surface area contributed by atoms with Gasteiger partial charge in [0.25, 0.3) is 5.91 Å². The van der Waals surface area contributed by atoms with Gasteiger partial charge in [0.15, 0.2) is 5.69 Å². The number of aliphatic hydroxyl groups is 1. The monoisotopic (exact) mass is 293 g/mol. The van der Waals surface area contributed by atoms with Crippen molar-refractivity contribution in [3.05, 3.63) is 17.8 Å². The van der Waals surface area contributed by atoms with Gasteiger partial charge in [-0.05, 0) is 31.2 Å². The first-order chi connectivity index (χ1) is 10.2. The molecule has 1 amide bonds. The van der Waals surface area contributed by atoms with E-state index in [2.05, 4.69) is 15.5 Å². The highest BCUT2D eigenvalue weighted by molar-refractivity contribution is 5.92. The maximum Gasteiger partial charge on any atom is 0.272 e. The lowest BCUT2D eigenvalue weighted by Crippen LogP contribution is -2.42. The van der Waals surface area contributed by atoms with Crippen LogP contribution < -0.4 is 10.1 Å². The van der Waals surface area contributed by atoms with E-state index in [1.54, 1.807) is 12.1 Å². The zero-order chi connectivity index (χ0) is 15.1. The Balaban J connectivity index is 1.99. The lowest BCUT2D eigenvalue weighted by atomic mass is 9.82. The molecule has 6 heteroatoms. The summed E-state index contributed by atoms with van der Waals surface area (Å²) < 4.78 is 4.93. The van der Waals surface area contributed by atoms with Crippen LogP contribution in [0.5, 0.6) is 5.88 Å². The standard InChI is InChI=1S/C15H23N3O3/c1-21-14-8-7-13(17-18-14)15(20)16-12(9-10-19)11-5-3-2-4-6-11/h7-8,11-12,19H,2-6,9-10H2,1H3,(H,16,20). The number of nitrogens with zero attached hydrogens (tertiary/aromatic N) is 2. The summed E-state index contributed by atoms with van der Waals surface area (Å²) in [6.07, 6.45) is 6.47. The van der Waals surface area contributed by atoms with E-state index in [0.29, 0.717) is 18.2 Å². The molecular formula is C15H23N3O3. The lowest BCUT2D eigenvalue weighted by Gasteiger charge is -2.30. The summed E-state index contributed by atoms with van der Waals surface area (Å²) in [6.45, 7) is 0.0791. The second kappa shape index (κ2) is 7.93. The predicted octanol–water partition coefficient (Wildman–Crippen LogP) is 1.55. The SMILES string of the molecule is COc1ccc(C(=O)NC(CCO)C2CCCCC2)nn1. The number of aromatic nitrogens is 2. The molecule has 1 saturated carbocycles. The molecule has 0 spiro atoms. The minimum absolute atomic E-state index is 0.00621. The van der Waals surface area contributed by atoms with Gasteiger partial charge in [-0.15, -0.1) is 10.2 Å². The van der Waals surface area contributed by atoms with Crippen LogP contribution in [0.3, 0.4) is 0 Å². The second-order valence-electron chi connectivity index (χ2n) is 5.45. The van der Waals surface area contributed by atoms with Gasteiger partial charge < -0.3 is 15.2 Å². The average molecular weight is 293 g/mol. The molecule has 1 aliphatic carbocycles. The Bertz CT molecular complexity index is 444. The first kappa shape index (κ1) is 15.7. The molecule has 0 bridgehead atoms. The number of aliphatic hydroxyl groups excluding tert-OH is 1. The van der Waals surface area contributed by atoms with Crippen LogP contribution in [0.15, 0.2) is 12.1 Å². The van der Waals surface area contributed by atoms with E-state index < -0.39 is 0 Å². The highest BCUT2D eigenvalue weighted by atomic mass is 16.5. The topological polar surface area (TPSA) is 84.3 Å². The number of hydrogen-bond acceptors (Lipinski definition) is 5. The zero-order valence-electron chi connectivity index (χ0n) is 12.4. The quantitative estimate of drug-likeness (QED) is 0.831. The molecule has 0 aliphatic heterocycles. The number of amides is 1. The summed E-state index contributed by atoms with van der Waals surface area (Å²) in [7, 11) is 1.50. The maximum absolute atomic E-state index is 12.2. The van der Waals surface area contributed by atoms with Gasteiger partial charge in [-0.2, -0.15) is 0 Å². The van der Waals surface area contributed by atoms with Crippen molar-refractivity contribution >= 4 is 5.91 Å². The van der Waals surface area contributed by atoms with Crippen molar-refractivity contribution < 1.29 is 14.6 Å². The first-order valence-electron chi connectivity index (χ1n) is 7.54. The van der Waals surface area contributed by atoms with Crippen molar-refractivity contribution in [3.8, 4) is 5.88 Å². The number of ether oxygens (including phenoxy) is 1. The van der Waals surface area contributed by atoms with Crippen LogP contribution in [0.1, 0.15) is 49.0 Å². The summed E-state index contributed by atoms with van der Waals surface area (Å²) >= 11 is 0. The molecule has 0 saturated heterocycles. The summed E-state index contributed by atoms with van der Waals surface area (Å²) in [6, 6.07) is 3.22. The van der Waals surface area contributed by atoms with E-state index in [0.717, 1.165) is 12.8 Å². The molecule has 1 unspecified atom stereocenters. The fourth-order valence-corrected chi connectivity index (χ4v) is 2.89. The minimum Gasteiger partial charge on any atom is -0.480 e. The van der Waals surface area contributed by atoms with E-state index in [1.807, 2.05) is 0 Å². The fourth-order valence-electron chi connectivity index (χ4n) is 2.89. The fraction of sp³-hybridized carbons (Fsp3) is 0.667.